The lowest BCUT2D eigenvalue weighted by molar-refractivity contribution is 0.00578. The summed E-state index contributed by atoms with van der Waals surface area (Å²) >= 11 is 0. The molecular weight excluding hydrogens is 325 g/mol. The number of rotatable bonds is 1. The predicted octanol–water partition coefficient (Wildman–Crippen LogP) is 4.43. The van der Waals surface area contributed by atoms with Gasteiger partial charge in [0.15, 0.2) is 0 Å². The molecule has 0 amide bonds. The van der Waals surface area contributed by atoms with Crippen molar-refractivity contribution in [3.63, 3.8) is 0 Å². The number of aromatic nitrogens is 1. The smallest absolute Gasteiger partial charge is 0.438 e. The van der Waals surface area contributed by atoms with Crippen LogP contribution >= 0.6 is 0 Å². The molecule has 0 radical (unpaired) electrons. The van der Waals surface area contributed by atoms with E-state index in [1.54, 1.807) is 0 Å². The van der Waals surface area contributed by atoms with Crippen molar-refractivity contribution in [2.45, 2.75) is 38.9 Å². The van der Waals surface area contributed by atoms with Gasteiger partial charge in [-0.3, -0.25) is 0 Å². The van der Waals surface area contributed by atoms with Gasteiger partial charge in [0, 0.05) is 16.2 Å². The quantitative estimate of drug-likeness (QED) is 0.479. The van der Waals surface area contributed by atoms with E-state index in [1.165, 1.54) is 0 Å². The highest BCUT2D eigenvalue weighted by molar-refractivity contribution is 6.66. The van der Waals surface area contributed by atoms with Gasteiger partial charge in [0.05, 0.1) is 16.7 Å². The lowest BCUT2D eigenvalue weighted by Gasteiger charge is -2.32. The van der Waals surface area contributed by atoms with Crippen LogP contribution in [-0.2, 0) is 9.31 Å². The molecule has 5 rings (SSSR count). The van der Waals surface area contributed by atoms with Gasteiger partial charge >= 0.3 is 7.12 Å². The van der Waals surface area contributed by atoms with E-state index >= 15 is 0 Å². The number of pyridine rings is 1. The highest BCUT2D eigenvalue weighted by atomic mass is 16.7. The molecule has 1 fully saturated rings. The summed E-state index contributed by atoms with van der Waals surface area (Å²) < 4.78 is 18.6. The molecule has 4 nitrogen and oxygen atoms in total. The average Bonchev–Trinajstić information content (AvgIpc) is 3.06. The summed E-state index contributed by atoms with van der Waals surface area (Å²) in [5.74, 6) is 0. The zero-order valence-corrected chi connectivity index (χ0v) is 15.4. The van der Waals surface area contributed by atoms with Crippen molar-refractivity contribution in [1.29, 1.82) is 0 Å². The van der Waals surface area contributed by atoms with Gasteiger partial charge in [-0.15, -0.1) is 0 Å². The highest BCUT2D eigenvalue weighted by Gasteiger charge is 2.52. The third kappa shape index (κ3) is 2.14. The second kappa shape index (κ2) is 5.09. The van der Waals surface area contributed by atoms with Crippen LogP contribution in [0.25, 0.3) is 33.0 Å². The van der Waals surface area contributed by atoms with E-state index < -0.39 is 7.12 Å². The molecule has 26 heavy (non-hydrogen) atoms. The van der Waals surface area contributed by atoms with Crippen LogP contribution < -0.4 is 5.46 Å². The minimum Gasteiger partial charge on any atom is -0.438 e. The van der Waals surface area contributed by atoms with Crippen molar-refractivity contribution >= 4 is 45.6 Å². The van der Waals surface area contributed by atoms with Crippen molar-refractivity contribution in [2.24, 2.45) is 0 Å². The molecule has 0 bridgehead atoms. The maximum absolute atomic E-state index is 6.28. The summed E-state index contributed by atoms with van der Waals surface area (Å²) in [7, 11) is -0.434. The Kier molecular flexibility index (Phi) is 3.10. The van der Waals surface area contributed by atoms with Crippen molar-refractivity contribution < 1.29 is 13.7 Å². The maximum atomic E-state index is 6.28. The Morgan fingerprint density at radius 2 is 1.62 bits per heavy atom. The minimum absolute atomic E-state index is 0.385. The second-order valence-corrected chi connectivity index (χ2v) is 7.94. The van der Waals surface area contributed by atoms with Gasteiger partial charge in [-0.2, -0.15) is 0 Å². The van der Waals surface area contributed by atoms with Crippen molar-refractivity contribution in [3.05, 3.63) is 48.5 Å². The molecule has 0 unspecified atom stereocenters. The van der Waals surface area contributed by atoms with Gasteiger partial charge < -0.3 is 13.7 Å². The van der Waals surface area contributed by atoms with Crippen molar-refractivity contribution in [2.75, 3.05) is 0 Å². The van der Waals surface area contributed by atoms with Gasteiger partial charge in [-0.05, 0) is 51.4 Å². The van der Waals surface area contributed by atoms with Gasteiger partial charge in [0.2, 0.25) is 5.71 Å². The molecule has 2 aromatic heterocycles. The Morgan fingerprint density at radius 3 is 2.38 bits per heavy atom. The molecule has 1 aliphatic heterocycles. The van der Waals surface area contributed by atoms with Gasteiger partial charge in [-0.25, -0.2) is 4.98 Å². The van der Waals surface area contributed by atoms with Crippen LogP contribution in [0.4, 0.5) is 0 Å². The van der Waals surface area contributed by atoms with E-state index in [4.69, 9.17) is 18.7 Å². The molecule has 2 aromatic carbocycles. The summed E-state index contributed by atoms with van der Waals surface area (Å²) in [5.41, 5.74) is 2.58. The number of hydrogen-bond acceptors (Lipinski definition) is 4. The second-order valence-electron chi connectivity index (χ2n) is 7.94. The summed E-state index contributed by atoms with van der Waals surface area (Å²) in [6.45, 7) is 8.26. The van der Waals surface area contributed by atoms with Gasteiger partial charge in [-0.1, -0.05) is 30.3 Å². The van der Waals surface area contributed by atoms with Crippen molar-refractivity contribution in [3.8, 4) is 0 Å². The Labute approximate surface area is 152 Å². The average molecular weight is 345 g/mol. The first-order valence-corrected chi connectivity index (χ1v) is 8.92. The zero-order chi connectivity index (χ0) is 18.1. The summed E-state index contributed by atoms with van der Waals surface area (Å²) in [6, 6.07) is 16.2. The minimum atomic E-state index is -0.434. The fraction of sp³-hybridized carbons (Fsp3) is 0.286. The summed E-state index contributed by atoms with van der Waals surface area (Å²) in [4.78, 5) is 4.69. The molecule has 0 atom stereocenters. The third-order valence-corrected chi connectivity index (χ3v) is 5.73. The fourth-order valence-corrected chi connectivity index (χ4v) is 3.55. The first-order chi connectivity index (χ1) is 12.4. The topological polar surface area (TPSA) is 44.5 Å². The Morgan fingerprint density at radius 1 is 0.885 bits per heavy atom. The monoisotopic (exact) mass is 345 g/mol. The van der Waals surface area contributed by atoms with Gasteiger partial charge in [0.1, 0.15) is 5.58 Å². The molecular formula is C21H20BNO3. The number of para-hydroxylation sites is 1. The largest absolute Gasteiger partial charge is 0.495 e. The summed E-state index contributed by atoms with van der Waals surface area (Å²) in [5, 5.41) is 3.09. The van der Waals surface area contributed by atoms with Crippen LogP contribution in [0.3, 0.4) is 0 Å². The third-order valence-electron chi connectivity index (χ3n) is 5.73. The Bertz CT molecular complexity index is 1150. The van der Waals surface area contributed by atoms with E-state index in [0.29, 0.717) is 5.71 Å². The molecule has 3 heterocycles. The summed E-state index contributed by atoms with van der Waals surface area (Å²) in [6.07, 6.45) is 0. The van der Waals surface area contributed by atoms with Crippen LogP contribution in [0.2, 0.25) is 0 Å². The van der Waals surface area contributed by atoms with E-state index in [9.17, 15) is 0 Å². The maximum Gasteiger partial charge on any atom is 0.495 e. The Balaban J connectivity index is 1.77. The predicted molar refractivity (Wildman–Crippen MR) is 105 cm³/mol. The van der Waals surface area contributed by atoms with E-state index in [2.05, 4.69) is 45.9 Å². The molecule has 1 aliphatic rings. The SMILES string of the molecule is CC1(C)OB(c2cccc3oc4nc5ccccc5cc4c23)OC1(C)C. The molecule has 1 saturated heterocycles. The fourth-order valence-electron chi connectivity index (χ4n) is 3.55. The Hall–Kier alpha value is -2.37. The molecule has 0 N–H and O–H groups in total. The van der Waals surface area contributed by atoms with Crippen LogP contribution in [0.5, 0.6) is 0 Å². The normalized spacial score (nSPS) is 19.0. The number of hydrogen-bond donors (Lipinski definition) is 0. The molecule has 130 valence electrons. The van der Waals surface area contributed by atoms with Crippen LogP contribution in [0, 0.1) is 0 Å². The number of nitrogens with zero attached hydrogens (tertiary/aromatic N) is 1. The lowest BCUT2D eigenvalue weighted by Crippen LogP contribution is -2.41. The van der Waals surface area contributed by atoms with E-state index in [0.717, 1.165) is 32.7 Å². The molecule has 0 spiro atoms. The van der Waals surface area contributed by atoms with Crippen LogP contribution in [0.15, 0.2) is 52.9 Å². The molecule has 0 saturated carbocycles. The highest BCUT2D eigenvalue weighted by Crippen LogP contribution is 2.38. The lowest BCUT2D eigenvalue weighted by atomic mass is 9.76. The van der Waals surface area contributed by atoms with Crippen LogP contribution in [-0.4, -0.2) is 23.3 Å². The number of benzene rings is 2. The first kappa shape index (κ1) is 15.9. The number of furan rings is 1. The molecule has 4 aromatic rings. The van der Waals surface area contributed by atoms with E-state index in [1.807, 2.05) is 30.3 Å². The van der Waals surface area contributed by atoms with Crippen molar-refractivity contribution in [1.82, 2.24) is 4.98 Å². The standard InChI is InChI=1S/C21H20BNO3/c1-20(2)21(3,4)26-22(25-20)15-9-7-11-17-18(15)14-12-13-8-5-6-10-16(13)23-19(14)24-17/h5-12H,1-4H3. The zero-order valence-electron chi connectivity index (χ0n) is 15.4. The molecule has 5 heteroatoms. The molecule has 0 aliphatic carbocycles. The van der Waals surface area contributed by atoms with Gasteiger partial charge in [0.25, 0.3) is 0 Å². The van der Waals surface area contributed by atoms with E-state index in [-0.39, 0.29) is 11.2 Å². The number of fused-ring (bicyclic) bond motifs is 4. The first-order valence-electron chi connectivity index (χ1n) is 8.92. The van der Waals surface area contributed by atoms with Crippen LogP contribution in [0.1, 0.15) is 27.7 Å².